The summed E-state index contributed by atoms with van der Waals surface area (Å²) in [7, 11) is 0. The van der Waals surface area contributed by atoms with E-state index in [2.05, 4.69) is 90.4 Å². The van der Waals surface area contributed by atoms with Crippen LogP contribution >= 0.6 is 22.7 Å². The average Bonchev–Trinajstić information content (AvgIpc) is 3.41. The maximum absolute atomic E-state index is 2.62. The molecule has 0 aliphatic rings. The van der Waals surface area contributed by atoms with Crippen molar-refractivity contribution in [2.24, 2.45) is 0 Å². The average molecular weight is 742 g/mol. The van der Waals surface area contributed by atoms with Crippen LogP contribution in [0.2, 0.25) is 29.6 Å². The van der Waals surface area contributed by atoms with Crippen LogP contribution in [0.4, 0.5) is 0 Å². The van der Waals surface area contributed by atoms with E-state index >= 15 is 0 Å². The van der Waals surface area contributed by atoms with Crippen LogP contribution in [-0.4, -0.2) is 36.8 Å². The molecule has 0 saturated heterocycles. The van der Waals surface area contributed by atoms with Gasteiger partial charge < -0.3 is 0 Å². The molecular weight excluding hydrogens is 686 g/mol. The Kier molecular flexibility index (Phi) is 15.3. The molecule has 0 aliphatic heterocycles. The second-order valence-electron chi connectivity index (χ2n) is 12.9. The van der Waals surface area contributed by atoms with E-state index in [0.717, 1.165) is 0 Å². The molecule has 2 heterocycles. The number of unbranched alkanes of at least 4 members (excludes halogenated alkanes) is 10. The molecule has 0 atom stereocenters. The molecule has 0 aliphatic carbocycles. The minimum absolute atomic E-state index is 1.27. The van der Waals surface area contributed by atoms with Gasteiger partial charge in [0.1, 0.15) is 0 Å². The van der Waals surface area contributed by atoms with Gasteiger partial charge in [-0.15, -0.1) is 0 Å². The zero-order valence-corrected chi connectivity index (χ0v) is 32.4. The number of thiophene rings is 2. The van der Waals surface area contributed by atoms with Crippen LogP contribution in [0.5, 0.6) is 0 Å². The van der Waals surface area contributed by atoms with E-state index in [1.807, 2.05) is 0 Å². The zero-order valence-electron chi connectivity index (χ0n) is 25.0. The molecule has 2 rings (SSSR count). The summed E-state index contributed by atoms with van der Waals surface area (Å²) in [6.07, 6.45) is 24.2. The summed E-state index contributed by atoms with van der Waals surface area (Å²) in [5, 5.41) is 0. The Morgan fingerprint density at radius 1 is 0.528 bits per heavy atom. The van der Waals surface area contributed by atoms with Gasteiger partial charge in [0.25, 0.3) is 0 Å². The molecular formula is C32H56S2Sn2. The molecule has 0 saturated carbocycles. The van der Waals surface area contributed by atoms with E-state index in [-0.39, 0.29) is 0 Å². The Labute approximate surface area is 241 Å². The fraction of sp³-hybridized carbons (Fsp3) is 0.688. The van der Waals surface area contributed by atoms with Crippen LogP contribution in [0.15, 0.2) is 12.1 Å². The molecule has 0 spiro atoms. The van der Waals surface area contributed by atoms with Crippen LogP contribution < -0.4 is 5.79 Å². The van der Waals surface area contributed by atoms with Crippen molar-refractivity contribution in [2.45, 2.75) is 133 Å². The predicted octanol–water partition coefficient (Wildman–Crippen LogP) is 10.9. The van der Waals surface area contributed by atoms with Gasteiger partial charge in [-0.05, 0) is 0 Å². The van der Waals surface area contributed by atoms with Gasteiger partial charge in [-0.25, -0.2) is 0 Å². The zero-order chi connectivity index (χ0) is 26.6. The van der Waals surface area contributed by atoms with Gasteiger partial charge in [0.05, 0.1) is 0 Å². The number of rotatable bonds is 18. The van der Waals surface area contributed by atoms with Crippen molar-refractivity contribution in [1.29, 1.82) is 0 Å². The SMILES string of the molecule is CCCCCCCCc1c[c]([Sn]([CH3])([CH3])[CH3])sc1/C=C/c1s[c]([Sn]([CH3])([CH3])[CH3])cc1CCCCCCCC. The molecule has 0 bridgehead atoms. The molecule has 2 aromatic rings. The van der Waals surface area contributed by atoms with Crippen LogP contribution in [0.3, 0.4) is 0 Å². The van der Waals surface area contributed by atoms with Gasteiger partial charge in [0.15, 0.2) is 0 Å². The fourth-order valence-corrected chi connectivity index (χ4v) is 17.6. The summed E-state index contributed by atoms with van der Waals surface area (Å²) in [6.45, 7) is 4.62. The van der Waals surface area contributed by atoms with Gasteiger partial charge in [-0.2, -0.15) is 0 Å². The molecule has 0 fully saturated rings. The van der Waals surface area contributed by atoms with Crippen LogP contribution in [0.1, 0.15) is 112 Å². The van der Waals surface area contributed by atoms with Crippen molar-refractivity contribution in [3.63, 3.8) is 0 Å². The van der Waals surface area contributed by atoms with Crippen molar-refractivity contribution < 1.29 is 0 Å². The maximum atomic E-state index is 2.62. The third-order valence-electron chi connectivity index (χ3n) is 7.15. The molecule has 0 unspecified atom stereocenters. The van der Waals surface area contributed by atoms with Gasteiger partial charge in [-0.1, -0.05) is 0 Å². The Hall–Kier alpha value is 0.737. The third kappa shape index (κ3) is 11.9. The van der Waals surface area contributed by atoms with E-state index in [9.17, 15) is 0 Å². The van der Waals surface area contributed by atoms with E-state index in [1.54, 1.807) is 26.7 Å². The Balaban J connectivity index is 2.18. The van der Waals surface area contributed by atoms with Crippen LogP contribution in [-0.2, 0) is 12.8 Å². The van der Waals surface area contributed by atoms with Gasteiger partial charge >= 0.3 is 244 Å². The van der Waals surface area contributed by atoms with E-state index in [4.69, 9.17) is 0 Å². The summed E-state index contributed by atoms with van der Waals surface area (Å²) >= 11 is 0.138. The second-order valence-corrected chi connectivity index (χ2v) is 45.9. The molecule has 0 nitrogen and oxygen atoms in total. The minimum atomic E-state index is -2.06. The number of hydrogen-bond acceptors (Lipinski definition) is 2. The second kappa shape index (κ2) is 16.8. The van der Waals surface area contributed by atoms with Gasteiger partial charge in [0, 0.05) is 0 Å². The van der Waals surface area contributed by atoms with E-state index in [0.29, 0.717) is 0 Å². The Morgan fingerprint density at radius 2 is 0.861 bits per heavy atom. The standard InChI is InChI=1S/C26H38S2.6CH3.2Sn/c1-3-5-7-9-11-13-15-23-19-21-27-25(23)17-18-26-24(20-22-28-26)16-14-12-10-8-6-4-2;;;;;;;;/h17-20H,3-16H2,1-2H3;6*1H3;;/b18-17+;;;;;;;;. The molecule has 0 amide bonds. The number of hydrogen-bond donors (Lipinski definition) is 0. The van der Waals surface area contributed by atoms with Crippen LogP contribution in [0.25, 0.3) is 12.2 Å². The molecule has 204 valence electrons. The molecule has 2 aromatic heterocycles. The Morgan fingerprint density at radius 3 is 1.19 bits per heavy atom. The number of aryl methyl sites for hydroxylation is 2. The first-order chi connectivity index (χ1) is 17.1. The summed E-state index contributed by atoms with van der Waals surface area (Å²) in [5.41, 5.74) is 3.27. The predicted molar refractivity (Wildman–Crippen MR) is 178 cm³/mol. The fourth-order valence-electron chi connectivity index (χ4n) is 4.64. The summed E-state index contributed by atoms with van der Waals surface area (Å²) < 4.78 is 3.49. The van der Waals surface area contributed by atoms with Crippen molar-refractivity contribution in [2.75, 3.05) is 0 Å². The van der Waals surface area contributed by atoms with E-state index < -0.39 is 36.8 Å². The van der Waals surface area contributed by atoms with Crippen molar-refractivity contribution in [3.8, 4) is 0 Å². The quantitative estimate of drug-likeness (QED) is 0.105. The Bertz CT molecular complexity index is 831. The van der Waals surface area contributed by atoms with Gasteiger partial charge in [0.2, 0.25) is 0 Å². The molecule has 36 heavy (non-hydrogen) atoms. The normalized spacial score (nSPS) is 12.8. The van der Waals surface area contributed by atoms with Gasteiger partial charge in [-0.3, -0.25) is 0 Å². The summed E-state index contributed by atoms with van der Waals surface area (Å²) in [6, 6.07) is 5.24. The summed E-state index contributed by atoms with van der Waals surface area (Å²) in [5.74, 6) is 0. The summed E-state index contributed by atoms with van der Waals surface area (Å²) in [4.78, 5) is 18.6. The first-order valence-corrected chi connectivity index (χ1v) is 36.6. The van der Waals surface area contributed by atoms with Crippen LogP contribution in [0, 0.1) is 0 Å². The monoisotopic (exact) mass is 744 g/mol. The first kappa shape index (κ1) is 32.9. The molecule has 0 radical (unpaired) electrons. The van der Waals surface area contributed by atoms with Crippen molar-refractivity contribution in [3.05, 3.63) is 33.0 Å². The molecule has 4 heteroatoms. The topological polar surface area (TPSA) is 0 Å². The third-order valence-corrected chi connectivity index (χ3v) is 28.3. The molecule has 0 N–H and O–H groups in total. The van der Waals surface area contributed by atoms with Crippen molar-refractivity contribution >= 4 is 77.4 Å². The molecule has 0 aromatic carbocycles. The van der Waals surface area contributed by atoms with Crippen molar-refractivity contribution in [1.82, 2.24) is 0 Å². The van der Waals surface area contributed by atoms with E-state index in [1.165, 1.54) is 89.9 Å². The first-order valence-electron chi connectivity index (χ1n) is 15.0.